The lowest BCUT2D eigenvalue weighted by atomic mass is 10.00. The Hall–Kier alpha value is -1.02. The molecule has 6 heteroatoms. The van der Waals surface area contributed by atoms with Crippen LogP contribution in [0.4, 0.5) is 0 Å². The van der Waals surface area contributed by atoms with Crippen molar-refractivity contribution in [3.8, 4) is 0 Å². The molecule has 2 aliphatic rings. The summed E-state index contributed by atoms with van der Waals surface area (Å²) in [5.74, 6) is -0.690. The standard InChI is InChI=1S/C29H49NO5/c1-4-5-6-7-8-9-10-11-12-16-20-30-24(19-21-31)25-26(32-22-23-17-14-13-15-18-23)27-28(33-25)35-29(2,3)34-27/h13-15,17-18,24-28,30-31H,4-12,16,19-22H2,1-3H3/t24-,25+,26-,27+,28+/m0/s1. The zero-order valence-corrected chi connectivity index (χ0v) is 22.3. The molecule has 0 spiro atoms. The van der Waals surface area contributed by atoms with E-state index in [1.165, 1.54) is 57.8 Å². The second kappa shape index (κ2) is 15.3. The van der Waals surface area contributed by atoms with Crippen molar-refractivity contribution in [3.63, 3.8) is 0 Å². The van der Waals surface area contributed by atoms with Crippen molar-refractivity contribution in [2.24, 2.45) is 0 Å². The van der Waals surface area contributed by atoms with Crippen molar-refractivity contribution in [1.29, 1.82) is 0 Å². The molecule has 35 heavy (non-hydrogen) atoms. The summed E-state index contributed by atoms with van der Waals surface area (Å²) in [6.07, 6.45) is 12.6. The van der Waals surface area contributed by atoms with Crippen molar-refractivity contribution in [2.75, 3.05) is 13.2 Å². The fourth-order valence-electron chi connectivity index (χ4n) is 5.21. The van der Waals surface area contributed by atoms with Gasteiger partial charge in [-0.1, -0.05) is 95.0 Å². The Bertz CT molecular complexity index is 685. The molecule has 2 fully saturated rings. The monoisotopic (exact) mass is 491 g/mol. The summed E-state index contributed by atoms with van der Waals surface area (Å²) in [5.41, 5.74) is 1.12. The van der Waals surface area contributed by atoms with Gasteiger partial charge in [0.05, 0.1) is 6.61 Å². The third-order valence-electron chi connectivity index (χ3n) is 7.09. The molecule has 0 unspecified atom stereocenters. The van der Waals surface area contributed by atoms with Crippen LogP contribution in [0.15, 0.2) is 30.3 Å². The van der Waals surface area contributed by atoms with Crippen LogP contribution in [-0.2, 0) is 25.6 Å². The van der Waals surface area contributed by atoms with Crippen LogP contribution in [0.1, 0.15) is 97.0 Å². The molecule has 1 aromatic rings. The van der Waals surface area contributed by atoms with Gasteiger partial charge in [0, 0.05) is 12.6 Å². The van der Waals surface area contributed by atoms with E-state index in [2.05, 4.69) is 24.4 Å². The van der Waals surface area contributed by atoms with E-state index in [0.717, 1.165) is 18.5 Å². The van der Waals surface area contributed by atoms with Gasteiger partial charge >= 0.3 is 0 Å². The fraction of sp³-hybridized carbons (Fsp3) is 0.793. The second-order valence-corrected chi connectivity index (χ2v) is 10.6. The normalized spacial score (nSPS) is 26.2. The molecule has 0 bridgehead atoms. The van der Waals surface area contributed by atoms with E-state index >= 15 is 0 Å². The van der Waals surface area contributed by atoms with Crippen LogP contribution >= 0.6 is 0 Å². The zero-order chi connectivity index (χ0) is 24.9. The molecule has 0 saturated carbocycles. The van der Waals surface area contributed by atoms with E-state index in [4.69, 9.17) is 18.9 Å². The van der Waals surface area contributed by atoms with Gasteiger partial charge < -0.3 is 29.4 Å². The van der Waals surface area contributed by atoms with Crippen LogP contribution in [0.5, 0.6) is 0 Å². The molecule has 1 aromatic carbocycles. The van der Waals surface area contributed by atoms with Gasteiger partial charge in [0.2, 0.25) is 0 Å². The summed E-state index contributed by atoms with van der Waals surface area (Å²) in [6.45, 7) is 7.59. The molecule has 2 saturated heterocycles. The maximum absolute atomic E-state index is 9.76. The Morgan fingerprint density at radius 1 is 0.943 bits per heavy atom. The highest BCUT2D eigenvalue weighted by atomic mass is 16.8. The maximum Gasteiger partial charge on any atom is 0.190 e. The Morgan fingerprint density at radius 3 is 2.26 bits per heavy atom. The predicted molar refractivity (Wildman–Crippen MR) is 139 cm³/mol. The highest BCUT2D eigenvalue weighted by Crippen LogP contribution is 2.40. The topological polar surface area (TPSA) is 69.2 Å². The van der Waals surface area contributed by atoms with Gasteiger partial charge in [0.25, 0.3) is 0 Å². The van der Waals surface area contributed by atoms with Crippen molar-refractivity contribution >= 4 is 0 Å². The number of hydrogen-bond donors (Lipinski definition) is 2. The first-order valence-electron chi connectivity index (χ1n) is 14.0. The summed E-state index contributed by atoms with van der Waals surface area (Å²) in [7, 11) is 0. The highest BCUT2D eigenvalue weighted by molar-refractivity contribution is 5.13. The highest BCUT2D eigenvalue weighted by Gasteiger charge is 2.56. The number of nitrogens with one attached hydrogen (secondary N) is 1. The third kappa shape index (κ3) is 9.42. The number of rotatable bonds is 18. The van der Waals surface area contributed by atoms with E-state index in [1.807, 2.05) is 32.0 Å². The Morgan fingerprint density at radius 2 is 1.60 bits per heavy atom. The number of aliphatic hydroxyl groups excluding tert-OH is 1. The minimum Gasteiger partial charge on any atom is -0.396 e. The number of unbranched alkanes of at least 4 members (excludes halogenated alkanes) is 9. The first-order chi connectivity index (χ1) is 17.0. The van der Waals surface area contributed by atoms with Crippen molar-refractivity contribution in [2.45, 2.75) is 134 Å². The Labute approximate surface area is 213 Å². The molecule has 0 radical (unpaired) electrons. The Kier molecular flexibility index (Phi) is 12.5. The van der Waals surface area contributed by atoms with Crippen LogP contribution in [0, 0.1) is 0 Å². The van der Waals surface area contributed by atoms with Gasteiger partial charge in [0.15, 0.2) is 12.1 Å². The molecule has 5 atom stereocenters. The first kappa shape index (κ1) is 28.5. The van der Waals surface area contributed by atoms with Crippen LogP contribution in [0.3, 0.4) is 0 Å². The maximum atomic E-state index is 9.76. The second-order valence-electron chi connectivity index (χ2n) is 10.6. The quantitative estimate of drug-likeness (QED) is 0.256. The van der Waals surface area contributed by atoms with Gasteiger partial charge in [-0.15, -0.1) is 0 Å². The van der Waals surface area contributed by atoms with E-state index in [0.29, 0.717) is 13.0 Å². The predicted octanol–water partition coefficient (Wildman–Crippen LogP) is 5.71. The summed E-state index contributed by atoms with van der Waals surface area (Å²) < 4.78 is 24.9. The lowest BCUT2D eigenvalue weighted by molar-refractivity contribution is -0.222. The molecule has 0 aliphatic carbocycles. The zero-order valence-electron chi connectivity index (χ0n) is 22.3. The molecule has 3 rings (SSSR count). The molecule has 2 aliphatic heterocycles. The Balaban J connectivity index is 1.45. The molecular formula is C29H49NO5. The van der Waals surface area contributed by atoms with E-state index in [1.54, 1.807) is 0 Å². The SMILES string of the molecule is CCCCCCCCCCCCN[C@@H](CCO)[C@H]1O[C@@H]2OC(C)(C)O[C@@H]2[C@H]1OCc1ccccc1. The van der Waals surface area contributed by atoms with Crippen molar-refractivity contribution in [3.05, 3.63) is 35.9 Å². The van der Waals surface area contributed by atoms with E-state index < -0.39 is 12.1 Å². The van der Waals surface area contributed by atoms with E-state index in [9.17, 15) is 5.11 Å². The van der Waals surface area contributed by atoms with Crippen molar-refractivity contribution in [1.82, 2.24) is 5.32 Å². The summed E-state index contributed by atoms with van der Waals surface area (Å²) >= 11 is 0. The number of aliphatic hydroxyl groups is 1. The van der Waals surface area contributed by atoms with Gasteiger partial charge in [0.1, 0.15) is 18.3 Å². The lowest BCUT2D eigenvalue weighted by Crippen LogP contribution is -2.49. The molecule has 200 valence electrons. The summed E-state index contributed by atoms with van der Waals surface area (Å²) in [6, 6.07) is 10.2. The molecule has 2 N–H and O–H groups in total. The van der Waals surface area contributed by atoms with Gasteiger partial charge in [-0.25, -0.2) is 0 Å². The average molecular weight is 492 g/mol. The van der Waals surface area contributed by atoms with E-state index in [-0.39, 0.29) is 31.0 Å². The lowest BCUT2D eigenvalue weighted by Gasteiger charge is -2.31. The van der Waals surface area contributed by atoms with Crippen LogP contribution in [-0.4, -0.2) is 54.7 Å². The number of hydrogen-bond acceptors (Lipinski definition) is 6. The number of ether oxygens (including phenoxy) is 4. The average Bonchev–Trinajstić information content (AvgIpc) is 3.32. The molecule has 0 aromatic heterocycles. The first-order valence-corrected chi connectivity index (χ1v) is 14.0. The minimum atomic E-state index is -0.690. The van der Waals surface area contributed by atoms with Crippen LogP contribution in [0.2, 0.25) is 0 Å². The fourth-order valence-corrected chi connectivity index (χ4v) is 5.21. The number of fused-ring (bicyclic) bond motifs is 1. The van der Waals surface area contributed by atoms with Crippen molar-refractivity contribution < 1.29 is 24.1 Å². The largest absolute Gasteiger partial charge is 0.396 e. The number of benzene rings is 1. The minimum absolute atomic E-state index is 0.0137. The van der Waals surface area contributed by atoms with Gasteiger partial charge in [-0.05, 0) is 38.8 Å². The van der Waals surface area contributed by atoms with Crippen LogP contribution < -0.4 is 5.32 Å². The summed E-state index contributed by atoms with van der Waals surface area (Å²) in [5, 5.41) is 13.4. The molecule has 6 nitrogen and oxygen atoms in total. The molecule has 2 heterocycles. The summed E-state index contributed by atoms with van der Waals surface area (Å²) in [4.78, 5) is 0. The van der Waals surface area contributed by atoms with Gasteiger partial charge in [-0.2, -0.15) is 0 Å². The molecule has 0 amide bonds. The third-order valence-corrected chi connectivity index (χ3v) is 7.09. The van der Waals surface area contributed by atoms with Crippen LogP contribution in [0.25, 0.3) is 0 Å². The smallest absolute Gasteiger partial charge is 0.190 e. The molecular weight excluding hydrogens is 442 g/mol. The van der Waals surface area contributed by atoms with Gasteiger partial charge in [-0.3, -0.25) is 0 Å².